The van der Waals surface area contributed by atoms with Gasteiger partial charge in [-0.3, -0.25) is 0 Å². The standard InChI is InChI=1S/C23H38O4/c1-23(18-21(26)20-17-19(25)13-14-22(20)27-23)15-11-9-7-5-3-2-4-6-8-10-12-16-24/h13-14,17,21,24-26H,2-12,15-16,18H2,1H3. The van der Waals surface area contributed by atoms with Crippen molar-refractivity contribution in [2.75, 3.05) is 6.61 Å². The number of fused-ring (bicyclic) bond motifs is 1. The number of phenols is 1. The van der Waals surface area contributed by atoms with Gasteiger partial charge < -0.3 is 20.1 Å². The molecule has 0 fully saturated rings. The molecule has 0 saturated carbocycles. The molecule has 4 heteroatoms. The first-order valence-electron chi connectivity index (χ1n) is 10.8. The highest BCUT2D eigenvalue weighted by molar-refractivity contribution is 5.43. The predicted molar refractivity (Wildman–Crippen MR) is 109 cm³/mol. The molecule has 1 aliphatic heterocycles. The van der Waals surface area contributed by atoms with Gasteiger partial charge in [-0.25, -0.2) is 0 Å². The van der Waals surface area contributed by atoms with Crippen LogP contribution in [-0.2, 0) is 0 Å². The van der Waals surface area contributed by atoms with E-state index in [1.54, 1.807) is 18.2 Å². The normalized spacial score (nSPS) is 21.7. The average molecular weight is 379 g/mol. The smallest absolute Gasteiger partial charge is 0.126 e. The Morgan fingerprint density at radius 2 is 1.48 bits per heavy atom. The summed E-state index contributed by atoms with van der Waals surface area (Å²) in [5, 5.41) is 28.7. The van der Waals surface area contributed by atoms with Crippen LogP contribution in [0.3, 0.4) is 0 Å². The van der Waals surface area contributed by atoms with Crippen LogP contribution in [0.1, 0.15) is 102 Å². The van der Waals surface area contributed by atoms with E-state index in [0.717, 1.165) is 25.7 Å². The molecule has 2 atom stereocenters. The Hall–Kier alpha value is -1.26. The molecule has 0 amide bonds. The highest BCUT2D eigenvalue weighted by Gasteiger charge is 2.36. The molecule has 4 nitrogen and oxygen atoms in total. The first-order valence-corrected chi connectivity index (χ1v) is 10.8. The van der Waals surface area contributed by atoms with Crippen molar-refractivity contribution < 1.29 is 20.1 Å². The second-order valence-corrected chi connectivity index (χ2v) is 8.36. The Balaban J connectivity index is 1.55. The molecule has 0 aromatic heterocycles. The van der Waals surface area contributed by atoms with Gasteiger partial charge in [0.15, 0.2) is 0 Å². The van der Waals surface area contributed by atoms with Gasteiger partial charge in [-0.2, -0.15) is 0 Å². The molecule has 2 unspecified atom stereocenters. The molecule has 154 valence electrons. The van der Waals surface area contributed by atoms with Crippen LogP contribution in [0.15, 0.2) is 18.2 Å². The summed E-state index contributed by atoms with van der Waals surface area (Å²) in [6.07, 6.45) is 14.5. The molecular weight excluding hydrogens is 340 g/mol. The minimum atomic E-state index is -0.566. The molecule has 1 aliphatic rings. The summed E-state index contributed by atoms with van der Waals surface area (Å²) in [6, 6.07) is 4.98. The van der Waals surface area contributed by atoms with Gasteiger partial charge in [0.05, 0.1) is 6.10 Å². The lowest BCUT2D eigenvalue weighted by atomic mass is 9.86. The van der Waals surface area contributed by atoms with Crippen LogP contribution in [0.5, 0.6) is 11.5 Å². The van der Waals surface area contributed by atoms with E-state index < -0.39 is 6.10 Å². The van der Waals surface area contributed by atoms with Crippen molar-refractivity contribution >= 4 is 0 Å². The molecule has 1 heterocycles. The summed E-state index contributed by atoms with van der Waals surface area (Å²) in [5.41, 5.74) is 0.377. The van der Waals surface area contributed by atoms with E-state index in [1.807, 2.05) is 0 Å². The number of ether oxygens (including phenoxy) is 1. The molecule has 27 heavy (non-hydrogen) atoms. The van der Waals surface area contributed by atoms with Crippen LogP contribution < -0.4 is 4.74 Å². The fraction of sp³-hybridized carbons (Fsp3) is 0.739. The topological polar surface area (TPSA) is 69.9 Å². The highest BCUT2D eigenvalue weighted by Crippen LogP contribution is 2.42. The molecule has 2 rings (SSSR count). The summed E-state index contributed by atoms with van der Waals surface area (Å²) in [6.45, 7) is 2.42. The number of hydrogen-bond donors (Lipinski definition) is 3. The minimum absolute atomic E-state index is 0.171. The van der Waals surface area contributed by atoms with Gasteiger partial charge in [0.25, 0.3) is 0 Å². The van der Waals surface area contributed by atoms with Crippen LogP contribution in [0.4, 0.5) is 0 Å². The maximum absolute atomic E-state index is 10.4. The van der Waals surface area contributed by atoms with Gasteiger partial charge in [-0.15, -0.1) is 0 Å². The molecule has 3 N–H and O–H groups in total. The predicted octanol–water partition coefficient (Wildman–Crippen LogP) is 5.64. The van der Waals surface area contributed by atoms with Crippen molar-refractivity contribution in [2.24, 2.45) is 0 Å². The van der Waals surface area contributed by atoms with Crippen LogP contribution in [0, 0.1) is 0 Å². The van der Waals surface area contributed by atoms with Crippen LogP contribution in [0.2, 0.25) is 0 Å². The highest BCUT2D eigenvalue weighted by atomic mass is 16.5. The van der Waals surface area contributed by atoms with E-state index in [9.17, 15) is 10.2 Å². The van der Waals surface area contributed by atoms with Gasteiger partial charge in [-0.1, -0.05) is 57.8 Å². The van der Waals surface area contributed by atoms with E-state index >= 15 is 0 Å². The number of benzene rings is 1. The molecule has 0 saturated heterocycles. The Kier molecular flexibility index (Phi) is 9.43. The summed E-state index contributed by atoms with van der Waals surface area (Å²) >= 11 is 0. The number of phenolic OH excluding ortho intramolecular Hbond substituents is 1. The minimum Gasteiger partial charge on any atom is -0.508 e. The molecule has 1 aromatic rings. The maximum atomic E-state index is 10.4. The zero-order chi connectivity index (χ0) is 19.5. The van der Waals surface area contributed by atoms with Gasteiger partial charge in [0.2, 0.25) is 0 Å². The molecule has 1 aromatic carbocycles. The zero-order valence-corrected chi connectivity index (χ0v) is 17.0. The Labute approximate surface area is 164 Å². The third-order valence-corrected chi connectivity index (χ3v) is 5.70. The summed E-state index contributed by atoms with van der Waals surface area (Å²) in [4.78, 5) is 0. The number of unbranched alkanes of at least 4 members (excludes halogenated alkanes) is 10. The fourth-order valence-electron chi connectivity index (χ4n) is 4.07. The summed E-state index contributed by atoms with van der Waals surface area (Å²) in [5.74, 6) is 0.873. The molecule has 0 bridgehead atoms. The lowest BCUT2D eigenvalue weighted by Gasteiger charge is -2.38. The fourth-order valence-corrected chi connectivity index (χ4v) is 4.07. The first-order chi connectivity index (χ1) is 13.0. The lowest BCUT2D eigenvalue weighted by molar-refractivity contribution is -0.00866. The Morgan fingerprint density at radius 3 is 2.07 bits per heavy atom. The summed E-state index contributed by atoms with van der Waals surface area (Å²) < 4.78 is 6.16. The van der Waals surface area contributed by atoms with E-state index in [2.05, 4.69) is 6.92 Å². The zero-order valence-electron chi connectivity index (χ0n) is 17.0. The Bertz CT molecular complexity index is 545. The average Bonchev–Trinajstić information content (AvgIpc) is 2.63. The third kappa shape index (κ3) is 7.71. The van der Waals surface area contributed by atoms with Crippen molar-refractivity contribution in [1.29, 1.82) is 0 Å². The largest absolute Gasteiger partial charge is 0.508 e. The van der Waals surface area contributed by atoms with Crippen molar-refractivity contribution in [3.63, 3.8) is 0 Å². The van der Waals surface area contributed by atoms with Crippen LogP contribution in [0.25, 0.3) is 0 Å². The van der Waals surface area contributed by atoms with E-state index in [4.69, 9.17) is 9.84 Å². The number of rotatable bonds is 13. The van der Waals surface area contributed by atoms with E-state index in [1.165, 1.54) is 51.4 Å². The molecule has 0 spiro atoms. The maximum Gasteiger partial charge on any atom is 0.126 e. The van der Waals surface area contributed by atoms with Gasteiger partial charge in [-0.05, 0) is 44.4 Å². The van der Waals surface area contributed by atoms with Crippen molar-refractivity contribution in [2.45, 2.75) is 102 Å². The quantitative estimate of drug-likeness (QED) is 0.388. The second-order valence-electron chi connectivity index (χ2n) is 8.36. The number of hydrogen-bond acceptors (Lipinski definition) is 4. The lowest BCUT2D eigenvalue weighted by Crippen LogP contribution is -2.38. The number of aliphatic hydroxyl groups is 2. The monoisotopic (exact) mass is 378 g/mol. The van der Waals surface area contributed by atoms with Gasteiger partial charge >= 0.3 is 0 Å². The van der Waals surface area contributed by atoms with Gasteiger partial charge in [0, 0.05) is 18.6 Å². The number of aliphatic hydroxyl groups excluding tert-OH is 2. The SMILES string of the molecule is CC1(CCCCCCCCCCCCCO)CC(O)c2cc(O)ccc2O1. The van der Waals surface area contributed by atoms with Crippen LogP contribution >= 0.6 is 0 Å². The van der Waals surface area contributed by atoms with Gasteiger partial charge in [0.1, 0.15) is 17.1 Å². The second kappa shape index (κ2) is 11.6. The van der Waals surface area contributed by atoms with Crippen molar-refractivity contribution in [1.82, 2.24) is 0 Å². The van der Waals surface area contributed by atoms with Crippen LogP contribution in [-0.4, -0.2) is 27.5 Å². The first kappa shape index (κ1) is 22.0. The summed E-state index contributed by atoms with van der Waals surface area (Å²) in [7, 11) is 0. The third-order valence-electron chi connectivity index (χ3n) is 5.70. The molecule has 0 aliphatic carbocycles. The van der Waals surface area contributed by atoms with Crippen molar-refractivity contribution in [3.05, 3.63) is 23.8 Å². The van der Waals surface area contributed by atoms with Crippen molar-refractivity contribution in [3.8, 4) is 11.5 Å². The molecule has 0 radical (unpaired) electrons. The number of aromatic hydroxyl groups is 1. The Morgan fingerprint density at radius 1 is 0.926 bits per heavy atom. The molecular formula is C23H38O4. The van der Waals surface area contributed by atoms with E-state index in [0.29, 0.717) is 24.3 Å². The van der Waals surface area contributed by atoms with E-state index in [-0.39, 0.29) is 11.4 Å².